The summed E-state index contributed by atoms with van der Waals surface area (Å²) in [6, 6.07) is 5.90. The third-order valence-electron chi connectivity index (χ3n) is 4.46. The van der Waals surface area contributed by atoms with Crippen molar-refractivity contribution in [1.29, 1.82) is 0 Å². The summed E-state index contributed by atoms with van der Waals surface area (Å²) in [5, 5.41) is 4.18. The zero-order chi connectivity index (χ0) is 17.2. The van der Waals surface area contributed by atoms with E-state index in [2.05, 4.69) is 25.2 Å². The zero-order valence-corrected chi connectivity index (χ0v) is 14.8. The van der Waals surface area contributed by atoms with Crippen LogP contribution in [0.2, 0.25) is 0 Å². The Labute approximate surface area is 149 Å². The van der Waals surface area contributed by atoms with Gasteiger partial charge in [0.05, 0.1) is 21.4 Å². The molecule has 3 aromatic rings. The minimum Gasteiger partial charge on any atom is -0.355 e. The molecule has 0 radical (unpaired) electrons. The molecule has 0 aliphatic carbocycles. The number of nitrogens with one attached hydrogen (secondary N) is 1. The van der Waals surface area contributed by atoms with Crippen LogP contribution in [0.4, 0.5) is 5.82 Å². The number of carbonyl (C=O) groups is 1. The highest BCUT2D eigenvalue weighted by atomic mass is 32.1. The Bertz CT molecular complexity index is 887. The maximum absolute atomic E-state index is 12.6. The molecule has 0 atom stereocenters. The second kappa shape index (κ2) is 6.76. The maximum Gasteiger partial charge on any atom is 0.251 e. The van der Waals surface area contributed by atoms with E-state index < -0.39 is 0 Å². The second-order valence-electron chi connectivity index (χ2n) is 6.21. The number of hydrogen-bond acceptors (Lipinski definition) is 6. The molecule has 0 spiro atoms. The topological polar surface area (TPSA) is 71.0 Å². The molecule has 6 nitrogen and oxygen atoms in total. The Morgan fingerprint density at radius 3 is 2.88 bits per heavy atom. The van der Waals surface area contributed by atoms with Gasteiger partial charge in [0, 0.05) is 37.1 Å². The van der Waals surface area contributed by atoms with Gasteiger partial charge in [-0.1, -0.05) is 0 Å². The van der Waals surface area contributed by atoms with Gasteiger partial charge in [-0.15, -0.1) is 11.3 Å². The van der Waals surface area contributed by atoms with Crippen LogP contribution in [0.5, 0.6) is 0 Å². The van der Waals surface area contributed by atoms with Crippen molar-refractivity contribution in [1.82, 2.24) is 20.3 Å². The van der Waals surface area contributed by atoms with Gasteiger partial charge in [0.1, 0.15) is 5.82 Å². The minimum atomic E-state index is -0.00842. The van der Waals surface area contributed by atoms with E-state index in [-0.39, 0.29) is 11.9 Å². The molecule has 1 N–H and O–H groups in total. The highest BCUT2D eigenvalue weighted by Gasteiger charge is 2.22. The summed E-state index contributed by atoms with van der Waals surface area (Å²) in [6.45, 7) is 3.72. The second-order valence-corrected chi connectivity index (χ2v) is 7.45. The lowest BCUT2D eigenvalue weighted by Gasteiger charge is -2.32. The summed E-state index contributed by atoms with van der Waals surface area (Å²) < 4.78 is 1.06. The van der Waals surface area contributed by atoms with Crippen LogP contribution in [0, 0.1) is 6.92 Å². The van der Waals surface area contributed by atoms with Gasteiger partial charge in [0.15, 0.2) is 0 Å². The number of aryl methyl sites for hydroxylation is 1. The number of piperidine rings is 1. The number of thiazole rings is 1. The van der Waals surface area contributed by atoms with Crippen molar-refractivity contribution < 1.29 is 4.79 Å². The Balaban J connectivity index is 1.38. The van der Waals surface area contributed by atoms with Gasteiger partial charge >= 0.3 is 0 Å². The van der Waals surface area contributed by atoms with Gasteiger partial charge in [-0.2, -0.15) is 0 Å². The Hall–Kier alpha value is -2.54. The fraction of sp³-hybridized carbons (Fsp3) is 0.333. The number of anilines is 1. The van der Waals surface area contributed by atoms with Gasteiger partial charge in [0.25, 0.3) is 5.91 Å². The normalized spacial score (nSPS) is 15.5. The number of carbonyl (C=O) groups excluding carboxylic acids is 1. The van der Waals surface area contributed by atoms with Crippen LogP contribution in [-0.4, -0.2) is 40.0 Å². The molecule has 4 rings (SSSR count). The van der Waals surface area contributed by atoms with Crippen LogP contribution in [0.15, 0.2) is 36.8 Å². The quantitative estimate of drug-likeness (QED) is 0.784. The Kier molecular flexibility index (Phi) is 4.31. The van der Waals surface area contributed by atoms with Crippen LogP contribution in [-0.2, 0) is 0 Å². The third-order valence-corrected chi connectivity index (χ3v) is 5.39. The monoisotopic (exact) mass is 353 g/mol. The van der Waals surface area contributed by atoms with E-state index in [1.54, 1.807) is 29.9 Å². The van der Waals surface area contributed by atoms with E-state index in [0.717, 1.165) is 47.0 Å². The zero-order valence-electron chi connectivity index (χ0n) is 14.0. The number of benzene rings is 1. The first-order valence-corrected chi connectivity index (χ1v) is 9.20. The molecular formula is C18H19N5OS. The fourth-order valence-electron chi connectivity index (χ4n) is 3.16. The number of hydrogen-bond donors (Lipinski definition) is 1. The van der Waals surface area contributed by atoms with E-state index in [0.29, 0.717) is 5.56 Å². The molecule has 2 aromatic heterocycles. The van der Waals surface area contributed by atoms with Crippen LogP contribution in [0.3, 0.4) is 0 Å². The van der Waals surface area contributed by atoms with E-state index in [4.69, 9.17) is 0 Å². The fourth-order valence-corrected chi connectivity index (χ4v) is 4.02. The number of amides is 1. The largest absolute Gasteiger partial charge is 0.355 e. The summed E-state index contributed by atoms with van der Waals surface area (Å²) in [5.74, 6) is 0.893. The molecule has 0 bridgehead atoms. The molecule has 128 valence electrons. The number of aromatic nitrogens is 3. The van der Waals surface area contributed by atoms with Gasteiger partial charge in [-0.25, -0.2) is 9.97 Å². The van der Waals surface area contributed by atoms with Crippen molar-refractivity contribution in [2.24, 2.45) is 0 Å². The van der Waals surface area contributed by atoms with E-state index in [1.807, 2.05) is 25.1 Å². The SMILES string of the molecule is Cc1nc2ccc(C(=O)NC3CCN(c4cnccn4)CC3)cc2s1. The lowest BCUT2D eigenvalue weighted by atomic mass is 10.0. The first-order chi connectivity index (χ1) is 12.2. The Morgan fingerprint density at radius 1 is 1.28 bits per heavy atom. The minimum absolute atomic E-state index is 0.00842. The summed E-state index contributed by atoms with van der Waals surface area (Å²) in [4.78, 5) is 27.7. The summed E-state index contributed by atoms with van der Waals surface area (Å²) in [7, 11) is 0. The standard InChI is InChI=1S/C18H19N5OS/c1-12-21-15-3-2-13(10-16(15)25-12)18(24)22-14-4-8-23(9-5-14)17-11-19-6-7-20-17/h2-3,6-7,10-11,14H,4-5,8-9H2,1H3,(H,22,24). The average molecular weight is 353 g/mol. The van der Waals surface area contributed by atoms with Crippen LogP contribution in [0.25, 0.3) is 10.2 Å². The van der Waals surface area contributed by atoms with Crippen molar-refractivity contribution in [3.8, 4) is 0 Å². The van der Waals surface area contributed by atoms with E-state index in [9.17, 15) is 4.79 Å². The Morgan fingerprint density at radius 2 is 2.12 bits per heavy atom. The third kappa shape index (κ3) is 3.46. The predicted octanol–water partition coefficient (Wildman–Crippen LogP) is 2.79. The van der Waals surface area contributed by atoms with Crippen molar-refractivity contribution >= 4 is 33.3 Å². The summed E-state index contributed by atoms with van der Waals surface area (Å²) in [6.07, 6.45) is 6.98. The molecule has 0 saturated carbocycles. The number of fused-ring (bicyclic) bond motifs is 1. The van der Waals surface area contributed by atoms with Gasteiger partial charge < -0.3 is 10.2 Å². The maximum atomic E-state index is 12.6. The van der Waals surface area contributed by atoms with E-state index >= 15 is 0 Å². The highest BCUT2D eigenvalue weighted by molar-refractivity contribution is 7.18. The lowest BCUT2D eigenvalue weighted by Crippen LogP contribution is -2.45. The first-order valence-electron chi connectivity index (χ1n) is 8.38. The number of rotatable bonds is 3. The van der Waals surface area contributed by atoms with Gasteiger partial charge in [0.2, 0.25) is 0 Å². The van der Waals surface area contributed by atoms with Crippen molar-refractivity contribution in [2.45, 2.75) is 25.8 Å². The molecule has 1 saturated heterocycles. The number of nitrogens with zero attached hydrogens (tertiary/aromatic N) is 4. The van der Waals surface area contributed by atoms with Crippen LogP contribution < -0.4 is 10.2 Å². The van der Waals surface area contributed by atoms with Crippen LogP contribution >= 0.6 is 11.3 Å². The molecule has 1 amide bonds. The lowest BCUT2D eigenvalue weighted by molar-refractivity contribution is 0.0931. The van der Waals surface area contributed by atoms with Crippen molar-refractivity contribution in [3.05, 3.63) is 47.4 Å². The highest BCUT2D eigenvalue weighted by Crippen LogP contribution is 2.23. The predicted molar refractivity (Wildman–Crippen MR) is 99.1 cm³/mol. The molecule has 3 heterocycles. The van der Waals surface area contributed by atoms with Crippen molar-refractivity contribution in [2.75, 3.05) is 18.0 Å². The van der Waals surface area contributed by atoms with E-state index in [1.165, 1.54) is 0 Å². The summed E-state index contributed by atoms with van der Waals surface area (Å²) >= 11 is 1.62. The molecule has 7 heteroatoms. The van der Waals surface area contributed by atoms with Crippen molar-refractivity contribution in [3.63, 3.8) is 0 Å². The molecular weight excluding hydrogens is 334 g/mol. The van der Waals surface area contributed by atoms with Gasteiger partial charge in [-0.3, -0.25) is 9.78 Å². The molecule has 1 aliphatic heterocycles. The molecule has 25 heavy (non-hydrogen) atoms. The summed E-state index contributed by atoms with van der Waals surface area (Å²) in [5.41, 5.74) is 1.66. The average Bonchev–Trinajstić information content (AvgIpc) is 3.02. The van der Waals surface area contributed by atoms with Gasteiger partial charge in [-0.05, 0) is 38.0 Å². The molecule has 1 aromatic carbocycles. The van der Waals surface area contributed by atoms with Crippen LogP contribution in [0.1, 0.15) is 28.2 Å². The first kappa shape index (κ1) is 16.0. The smallest absolute Gasteiger partial charge is 0.251 e. The molecule has 0 unspecified atom stereocenters. The molecule has 1 aliphatic rings. The molecule has 1 fully saturated rings.